The van der Waals surface area contributed by atoms with Gasteiger partial charge in [-0.05, 0) is 55.5 Å². The third-order valence-electron chi connectivity index (χ3n) is 9.49. The lowest BCUT2D eigenvalue weighted by Gasteiger charge is -2.25. The van der Waals surface area contributed by atoms with Gasteiger partial charge in [0.1, 0.15) is 0 Å². The van der Waals surface area contributed by atoms with Crippen LogP contribution in [0.3, 0.4) is 0 Å². The molecular formula is C61H56N8-6. The first-order valence-electron chi connectivity index (χ1n) is 22.4. The average Bonchev–Trinajstić information content (AvgIpc) is 3.45. The molecule has 1 aromatic carbocycles. The van der Waals surface area contributed by atoms with Crippen molar-refractivity contribution in [2.75, 3.05) is 0 Å². The van der Waals surface area contributed by atoms with E-state index in [0.717, 1.165) is 52.0 Å². The molecule has 1 aliphatic carbocycles. The highest BCUT2D eigenvalue weighted by Crippen LogP contribution is 2.27. The number of rotatable bonds is 6. The molecule has 0 saturated heterocycles. The highest BCUT2D eigenvalue weighted by Gasteiger charge is 2.06. The highest BCUT2D eigenvalue weighted by atomic mass is 14.9. The zero-order valence-electron chi connectivity index (χ0n) is 38.8. The van der Waals surface area contributed by atoms with Crippen molar-refractivity contribution >= 4 is 12.2 Å². The van der Waals surface area contributed by atoms with Gasteiger partial charge in [-0.1, -0.05) is 159 Å². The molecule has 8 heteroatoms. The summed E-state index contributed by atoms with van der Waals surface area (Å²) in [5.74, 6) is 0.0380. The van der Waals surface area contributed by atoms with E-state index < -0.39 is 0 Å². The minimum absolute atomic E-state index is 0.0380. The zero-order valence-corrected chi connectivity index (χ0v) is 38.8. The smallest absolute Gasteiger partial charge is 0.0623 e. The third kappa shape index (κ3) is 20.7. The van der Waals surface area contributed by atoms with Gasteiger partial charge in [0, 0.05) is 24.5 Å². The van der Waals surface area contributed by atoms with Gasteiger partial charge in [0.05, 0.1) is 17.1 Å². The Bertz CT molecular complexity index is 2570. The molecular weight excluding hydrogens is 845 g/mol. The van der Waals surface area contributed by atoms with E-state index in [4.69, 9.17) is 0 Å². The monoisotopic (exact) mass is 900 g/mol. The molecule has 0 amide bonds. The quantitative estimate of drug-likeness (QED) is 0.180. The first kappa shape index (κ1) is 50.9. The Morgan fingerprint density at radius 1 is 0.493 bits per heavy atom. The number of hydrogen-bond donors (Lipinski definition) is 0. The summed E-state index contributed by atoms with van der Waals surface area (Å²) in [6, 6.07) is 25.9. The van der Waals surface area contributed by atoms with Crippen molar-refractivity contribution in [3.63, 3.8) is 0 Å². The van der Waals surface area contributed by atoms with Crippen molar-refractivity contribution in [1.82, 2.24) is 15.0 Å². The van der Waals surface area contributed by atoms with E-state index in [1.54, 1.807) is 61.7 Å². The van der Waals surface area contributed by atoms with Crippen LogP contribution in [0.5, 0.6) is 0 Å². The first-order chi connectivity index (χ1) is 34.1. The van der Waals surface area contributed by atoms with Crippen LogP contribution in [0, 0.1) is 6.42 Å². The fourth-order valence-corrected chi connectivity index (χ4v) is 6.02. The van der Waals surface area contributed by atoms with Crippen molar-refractivity contribution in [3.8, 4) is 0 Å². The number of aromatic nitrogens is 3. The van der Waals surface area contributed by atoms with Gasteiger partial charge < -0.3 is 26.6 Å². The molecule has 4 aromatic rings. The minimum atomic E-state index is 0.0380. The maximum absolute atomic E-state index is 4.45. The second-order valence-electron chi connectivity index (χ2n) is 14.4. The molecule has 69 heavy (non-hydrogen) atoms. The van der Waals surface area contributed by atoms with Crippen LogP contribution in [0.4, 0.5) is 0 Å². The Hall–Kier alpha value is -9.14. The Balaban J connectivity index is 0.000000162. The molecule has 10 rings (SSSR count). The van der Waals surface area contributed by atoms with Gasteiger partial charge >= 0.3 is 0 Å². The van der Waals surface area contributed by atoms with Crippen molar-refractivity contribution in [1.29, 1.82) is 0 Å². The predicted molar refractivity (Wildman–Crippen MR) is 293 cm³/mol. The zero-order chi connectivity index (χ0) is 48.2. The van der Waals surface area contributed by atoms with Gasteiger partial charge in [0.25, 0.3) is 0 Å². The first-order valence-corrected chi connectivity index (χ1v) is 22.4. The van der Waals surface area contributed by atoms with Gasteiger partial charge in [-0.15, -0.1) is 76.4 Å². The number of hydrogen-bond acceptors (Lipinski definition) is 3. The van der Waals surface area contributed by atoms with Crippen LogP contribution in [0.1, 0.15) is 41.1 Å². The number of nitrogens with zero attached hydrogens (tertiary/aromatic N) is 8. The minimum Gasteiger partial charge on any atom is -0.664 e. The lowest BCUT2D eigenvalue weighted by atomic mass is 9.97. The van der Waals surface area contributed by atoms with E-state index >= 15 is 0 Å². The van der Waals surface area contributed by atoms with Crippen LogP contribution in [-0.2, 0) is 6.42 Å². The Kier molecular flexibility index (Phi) is 23.4. The van der Waals surface area contributed by atoms with Crippen LogP contribution >= 0.6 is 0 Å². The van der Waals surface area contributed by atoms with Gasteiger partial charge in [-0.2, -0.15) is 37.1 Å². The summed E-state index contributed by atoms with van der Waals surface area (Å²) in [6.45, 7) is 9.11. The largest absolute Gasteiger partial charge is 0.664 e. The molecule has 0 fully saturated rings. The number of pyridine rings is 3. The van der Waals surface area contributed by atoms with Gasteiger partial charge in [-0.3, -0.25) is 15.0 Å². The third-order valence-corrected chi connectivity index (χ3v) is 9.49. The molecule has 6 aliphatic rings. The average molecular weight is 901 g/mol. The molecule has 0 spiro atoms. The van der Waals surface area contributed by atoms with Crippen molar-refractivity contribution in [2.24, 2.45) is 0 Å². The number of allylic oxidation sites excluding steroid dienone is 22. The summed E-state index contributed by atoms with van der Waals surface area (Å²) in [4.78, 5) is 12.4. The summed E-state index contributed by atoms with van der Waals surface area (Å²) in [5.41, 5.74) is 10.4. The SMILES string of the molecule is C1=CCc2ccccc2[CH-]1.C1=C[N-]C(=CC(C=C2C=CC=C[N-]2)c2ccccn2)C=C1.C1=C[N-]C(=CC=C2C=CC=C[N-]2)C=C1.C=Cc1ccccn1.C=Cc1ccccn1.CC=C1C=CC=C[N-]1. The molecule has 5 aliphatic heterocycles. The molecule has 0 saturated carbocycles. The molecule has 0 unspecified atom stereocenters. The lowest BCUT2D eigenvalue weighted by molar-refractivity contribution is 0.980. The predicted octanol–water partition coefficient (Wildman–Crippen LogP) is 16.7. The van der Waals surface area contributed by atoms with E-state index in [9.17, 15) is 0 Å². The Labute approximate surface area is 409 Å². The van der Waals surface area contributed by atoms with Crippen molar-refractivity contribution in [3.05, 3.63) is 365 Å². The normalized spacial score (nSPS) is 17.8. The topological polar surface area (TPSA) is 109 Å². The van der Waals surface area contributed by atoms with Crippen LogP contribution < -0.4 is 0 Å². The molecule has 0 bridgehead atoms. The molecule has 8 heterocycles. The van der Waals surface area contributed by atoms with Gasteiger partial charge in [0.15, 0.2) is 0 Å². The fraction of sp³-hybridized carbons (Fsp3) is 0.0492. The molecule has 3 aromatic heterocycles. The van der Waals surface area contributed by atoms with E-state index in [-0.39, 0.29) is 5.92 Å². The highest BCUT2D eigenvalue weighted by molar-refractivity contribution is 5.49. The van der Waals surface area contributed by atoms with Crippen molar-refractivity contribution in [2.45, 2.75) is 19.3 Å². The fourth-order valence-electron chi connectivity index (χ4n) is 6.02. The summed E-state index contributed by atoms with van der Waals surface area (Å²) < 4.78 is 0. The van der Waals surface area contributed by atoms with Crippen LogP contribution in [0.15, 0.2) is 304 Å². The van der Waals surface area contributed by atoms with Gasteiger partial charge in [-0.25, -0.2) is 0 Å². The maximum Gasteiger partial charge on any atom is 0.0623 e. The number of fused-ring (bicyclic) bond motifs is 1. The van der Waals surface area contributed by atoms with Crippen molar-refractivity contribution < 1.29 is 0 Å². The van der Waals surface area contributed by atoms with E-state index in [1.165, 1.54) is 11.1 Å². The van der Waals surface area contributed by atoms with E-state index in [1.807, 2.05) is 171 Å². The summed E-state index contributed by atoms with van der Waals surface area (Å²) in [7, 11) is 0. The van der Waals surface area contributed by atoms with Crippen LogP contribution in [-0.4, -0.2) is 15.0 Å². The second-order valence-corrected chi connectivity index (χ2v) is 14.4. The van der Waals surface area contributed by atoms with Crippen LogP contribution in [0.25, 0.3) is 38.7 Å². The van der Waals surface area contributed by atoms with E-state index in [0.29, 0.717) is 0 Å². The summed E-state index contributed by atoms with van der Waals surface area (Å²) in [5, 5.41) is 21.1. The molecule has 0 N–H and O–H groups in total. The second kappa shape index (κ2) is 31.7. The lowest BCUT2D eigenvalue weighted by Crippen LogP contribution is -1.98. The number of benzene rings is 1. The van der Waals surface area contributed by atoms with Crippen LogP contribution in [0.2, 0.25) is 0 Å². The summed E-state index contributed by atoms with van der Waals surface area (Å²) in [6.07, 6.45) is 64.5. The Morgan fingerprint density at radius 2 is 0.928 bits per heavy atom. The Morgan fingerprint density at radius 3 is 1.29 bits per heavy atom. The van der Waals surface area contributed by atoms with Gasteiger partial charge in [0.2, 0.25) is 0 Å². The maximum atomic E-state index is 4.45. The van der Waals surface area contributed by atoms with E-state index in [2.05, 4.69) is 110 Å². The molecule has 0 radical (unpaired) electrons. The summed E-state index contributed by atoms with van der Waals surface area (Å²) >= 11 is 0. The molecule has 8 nitrogen and oxygen atoms in total. The molecule has 0 atom stereocenters. The molecule has 346 valence electrons. The standard InChI is InChI=1S/C18H15N3.C12H10N2.C10H9.C7H8N.2C7H7N/c1-4-10-19-16(7-1)13-15(18-9-3-6-12-21-18)14-17-8-2-5-11-20-17;1-3-9-13-11(5-1)7-8-12-6-2-4-10-14-12;1-2-6-10-8-4-3-7-9(10)5-1;3*1-2-7-5-3-4-6-8-7/h1-15H;1-10H;1-7H,8H2;2-6H,1H3;2*2-6H,1H2/q2*-2;2*-1;;.